The number of likely N-dealkylation sites (tertiary alicyclic amines) is 1. The average Bonchev–Trinajstić information content (AvgIpc) is 2.83. The number of halogens is 3. The van der Waals surface area contributed by atoms with Crippen LogP contribution in [0.5, 0.6) is 0 Å². The van der Waals surface area contributed by atoms with Gasteiger partial charge in [0.25, 0.3) is 12.0 Å². The highest BCUT2D eigenvalue weighted by Crippen LogP contribution is 2.34. The number of amides is 1. The van der Waals surface area contributed by atoms with E-state index in [1.54, 1.807) is 19.9 Å². The number of piperidine rings is 1. The van der Waals surface area contributed by atoms with Crippen molar-refractivity contribution in [3.05, 3.63) is 63.0 Å². The van der Waals surface area contributed by atoms with Crippen molar-refractivity contribution in [3.8, 4) is 6.07 Å². The normalized spacial score (nSPS) is 16.0. The van der Waals surface area contributed by atoms with Gasteiger partial charge in [-0.15, -0.1) is 0 Å². The van der Waals surface area contributed by atoms with Crippen molar-refractivity contribution in [3.63, 3.8) is 0 Å². The Hall–Kier alpha value is -3.98. The Morgan fingerprint density at radius 3 is 2.62 bits per heavy atom. The number of anilines is 1. The van der Waals surface area contributed by atoms with Crippen molar-refractivity contribution in [2.24, 2.45) is 0 Å². The van der Waals surface area contributed by atoms with Gasteiger partial charge in [0.15, 0.2) is 0 Å². The van der Waals surface area contributed by atoms with Gasteiger partial charge in [0, 0.05) is 24.2 Å². The summed E-state index contributed by atoms with van der Waals surface area (Å²) in [5, 5.41) is 23.5. The minimum atomic E-state index is -2.97. The first-order chi connectivity index (χ1) is 17.5. The number of alkyl halides is 2. The number of nitriles is 1. The lowest BCUT2D eigenvalue weighted by atomic mass is 9.84. The van der Waals surface area contributed by atoms with Crippen LogP contribution in [0.4, 0.5) is 19.0 Å². The zero-order valence-corrected chi connectivity index (χ0v) is 20.2. The molecule has 1 atom stereocenters. The molecule has 194 valence electrons. The third-order valence-electron chi connectivity index (χ3n) is 6.61. The second-order valence-electron chi connectivity index (χ2n) is 9.06. The Bertz CT molecular complexity index is 1440. The van der Waals surface area contributed by atoms with Crippen LogP contribution in [0.3, 0.4) is 0 Å². The summed E-state index contributed by atoms with van der Waals surface area (Å²) in [6.45, 7) is 3.52. The summed E-state index contributed by atoms with van der Waals surface area (Å²) in [4.78, 5) is 37.7. The van der Waals surface area contributed by atoms with E-state index >= 15 is 0 Å². The van der Waals surface area contributed by atoms with Crippen LogP contribution in [0, 0.1) is 24.1 Å². The largest absolute Gasteiger partial charge is 0.385 e. The van der Waals surface area contributed by atoms with Crippen LogP contribution in [0.1, 0.15) is 61.2 Å². The van der Waals surface area contributed by atoms with Crippen molar-refractivity contribution >= 4 is 22.8 Å². The number of H-pyrrole nitrogens is 1. The molecule has 1 aliphatic rings. The van der Waals surface area contributed by atoms with Gasteiger partial charge in [0.05, 0.1) is 28.7 Å². The zero-order valence-electron chi connectivity index (χ0n) is 20.2. The van der Waals surface area contributed by atoms with Crippen molar-refractivity contribution < 1.29 is 23.1 Å². The van der Waals surface area contributed by atoms with Crippen molar-refractivity contribution in [1.82, 2.24) is 19.9 Å². The molecule has 3 N–H and O–H groups in total. The first kappa shape index (κ1) is 26.1. The van der Waals surface area contributed by atoms with Crippen LogP contribution in [0.15, 0.2) is 29.1 Å². The first-order valence-electron chi connectivity index (χ1n) is 11.7. The molecule has 0 spiro atoms. The van der Waals surface area contributed by atoms with Gasteiger partial charge in [0.2, 0.25) is 5.91 Å². The lowest BCUT2D eigenvalue weighted by molar-refractivity contribution is -0.134. The number of benzene rings is 1. The van der Waals surface area contributed by atoms with Crippen molar-refractivity contribution in [2.75, 3.05) is 18.4 Å². The number of fused-ring (bicyclic) bond motifs is 1. The molecule has 1 amide bonds. The lowest BCUT2D eigenvalue weighted by Gasteiger charge is -2.37. The predicted octanol–water partition coefficient (Wildman–Crippen LogP) is 3.60. The quantitative estimate of drug-likeness (QED) is 0.457. The lowest BCUT2D eigenvalue weighted by Crippen LogP contribution is -2.47. The van der Waals surface area contributed by atoms with E-state index in [9.17, 15) is 27.9 Å². The molecule has 3 aromatic rings. The van der Waals surface area contributed by atoms with E-state index in [2.05, 4.69) is 20.3 Å². The standard InChI is InChI=1S/C25H25F3N6O3/c1-13(15-4-3-5-16(20(15)26)21(27)28)30-22-17-12-18(24(36)33-23(17)32-14(2)31-22)25(37)7-10-34(11-8-25)19(35)6-9-29/h3-5,12-13,21,37H,6-8,10-11H2,1-2H3,(H2,30,31,32,33,36). The van der Waals surface area contributed by atoms with Gasteiger partial charge in [-0.05, 0) is 32.8 Å². The molecule has 1 unspecified atom stereocenters. The summed E-state index contributed by atoms with van der Waals surface area (Å²) in [7, 11) is 0. The molecule has 37 heavy (non-hydrogen) atoms. The highest BCUT2D eigenvalue weighted by molar-refractivity contribution is 5.87. The number of hydrogen-bond acceptors (Lipinski definition) is 7. The Kier molecular flexibility index (Phi) is 7.18. The molecular weight excluding hydrogens is 489 g/mol. The van der Waals surface area contributed by atoms with E-state index in [4.69, 9.17) is 5.26 Å². The summed E-state index contributed by atoms with van der Waals surface area (Å²) >= 11 is 0. The van der Waals surface area contributed by atoms with Crippen LogP contribution >= 0.6 is 0 Å². The van der Waals surface area contributed by atoms with Crippen LogP contribution in [-0.2, 0) is 10.4 Å². The van der Waals surface area contributed by atoms with Crippen molar-refractivity contribution in [1.29, 1.82) is 5.26 Å². The molecule has 4 rings (SSSR count). The van der Waals surface area contributed by atoms with Gasteiger partial charge < -0.3 is 20.3 Å². The minimum absolute atomic E-state index is 0.0138. The molecule has 1 aliphatic heterocycles. The fourth-order valence-electron chi connectivity index (χ4n) is 4.58. The number of hydrogen-bond donors (Lipinski definition) is 3. The van der Waals surface area contributed by atoms with Crippen LogP contribution in [0.25, 0.3) is 11.0 Å². The number of aryl methyl sites for hydroxylation is 1. The van der Waals surface area contributed by atoms with E-state index in [0.29, 0.717) is 11.2 Å². The summed E-state index contributed by atoms with van der Waals surface area (Å²) in [5.41, 5.74) is -2.55. The monoisotopic (exact) mass is 514 g/mol. The number of rotatable bonds is 6. The maximum absolute atomic E-state index is 14.7. The molecule has 3 heterocycles. The Morgan fingerprint density at radius 2 is 1.97 bits per heavy atom. The molecule has 0 bridgehead atoms. The number of nitrogens with zero attached hydrogens (tertiary/aromatic N) is 4. The second kappa shape index (κ2) is 10.2. The van der Waals surface area contributed by atoms with E-state index in [1.807, 2.05) is 0 Å². The fraction of sp³-hybridized carbons (Fsp3) is 0.400. The summed E-state index contributed by atoms with van der Waals surface area (Å²) in [6.07, 6.45) is -3.07. The molecule has 1 fully saturated rings. The number of aromatic nitrogens is 3. The predicted molar refractivity (Wildman–Crippen MR) is 128 cm³/mol. The first-order valence-corrected chi connectivity index (χ1v) is 11.7. The molecule has 2 aromatic heterocycles. The molecule has 9 nitrogen and oxygen atoms in total. The number of nitrogens with one attached hydrogen (secondary N) is 2. The topological polar surface area (TPSA) is 135 Å². The van der Waals surface area contributed by atoms with Crippen molar-refractivity contribution in [2.45, 2.75) is 51.2 Å². The van der Waals surface area contributed by atoms with Gasteiger partial charge in [-0.1, -0.05) is 18.2 Å². The Morgan fingerprint density at radius 1 is 1.30 bits per heavy atom. The molecule has 0 radical (unpaired) electrons. The maximum atomic E-state index is 14.7. The molecule has 12 heteroatoms. The average molecular weight is 515 g/mol. The Balaban J connectivity index is 1.70. The number of carbonyl (C=O) groups is 1. The van der Waals surface area contributed by atoms with E-state index in [-0.39, 0.29) is 60.9 Å². The molecule has 1 aromatic carbocycles. The van der Waals surface area contributed by atoms with Gasteiger partial charge in [-0.2, -0.15) is 5.26 Å². The van der Waals surface area contributed by atoms with Crippen LogP contribution in [0.2, 0.25) is 0 Å². The van der Waals surface area contributed by atoms with E-state index < -0.39 is 35.0 Å². The Labute approximate surface area is 210 Å². The summed E-state index contributed by atoms with van der Waals surface area (Å²) in [6, 6.07) is 6.26. The van der Waals surface area contributed by atoms with E-state index in [0.717, 1.165) is 6.07 Å². The molecule has 1 saturated heterocycles. The fourth-order valence-corrected chi connectivity index (χ4v) is 4.58. The minimum Gasteiger partial charge on any atom is -0.385 e. The zero-order chi connectivity index (χ0) is 26.9. The SMILES string of the molecule is Cc1nc(NC(C)c2cccc(C(F)F)c2F)c2cc(C3(O)CCN(C(=O)CC#N)CC3)c(=O)[nH]c2n1. The second-order valence-corrected chi connectivity index (χ2v) is 9.06. The van der Waals surface area contributed by atoms with Crippen LogP contribution in [-0.4, -0.2) is 44.0 Å². The number of aliphatic hydroxyl groups is 1. The van der Waals surface area contributed by atoms with Crippen LogP contribution < -0.4 is 10.9 Å². The highest BCUT2D eigenvalue weighted by Gasteiger charge is 2.38. The number of aromatic amines is 1. The molecular formula is C25H25F3N6O3. The van der Waals surface area contributed by atoms with Gasteiger partial charge in [0.1, 0.15) is 29.5 Å². The maximum Gasteiger partial charge on any atom is 0.266 e. The van der Waals surface area contributed by atoms with Gasteiger partial charge >= 0.3 is 0 Å². The smallest absolute Gasteiger partial charge is 0.266 e. The molecule has 0 aliphatic carbocycles. The van der Waals surface area contributed by atoms with Gasteiger partial charge in [-0.3, -0.25) is 9.59 Å². The third-order valence-corrected chi connectivity index (χ3v) is 6.61. The summed E-state index contributed by atoms with van der Waals surface area (Å²) < 4.78 is 41.1. The van der Waals surface area contributed by atoms with E-state index in [1.165, 1.54) is 23.1 Å². The number of pyridine rings is 1. The number of carbonyl (C=O) groups excluding carboxylic acids is 1. The highest BCUT2D eigenvalue weighted by atomic mass is 19.3. The summed E-state index contributed by atoms with van der Waals surface area (Å²) in [5.74, 6) is -0.840. The van der Waals surface area contributed by atoms with Gasteiger partial charge in [-0.25, -0.2) is 23.1 Å². The third kappa shape index (κ3) is 5.13. The molecule has 0 saturated carbocycles.